The van der Waals surface area contributed by atoms with Gasteiger partial charge in [-0.2, -0.15) is 5.01 Å². The predicted molar refractivity (Wildman–Crippen MR) is 200 cm³/mol. The zero-order valence-corrected chi connectivity index (χ0v) is 31.2. The second kappa shape index (κ2) is 13.6. The summed E-state index contributed by atoms with van der Waals surface area (Å²) in [6.07, 6.45) is 2.55. The summed E-state index contributed by atoms with van der Waals surface area (Å²) in [5, 5.41) is 23.0. The lowest BCUT2D eigenvalue weighted by Crippen LogP contribution is -2.53. The van der Waals surface area contributed by atoms with Crippen molar-refractivity contribution in [3.8, 4) is 17.2 Å². The standard InChI is InChI=1S/C41H34BrClFN3O7/c1-54-33-19-23(42)18-31(36(33)49)35-28-14-15-29-34(39(52)46(37(29)50)17-16-21-2-12-27(48)13-3-21)30(28)20-32-38(51)47(45-26-10-8-25(44)9-11-26)40(53)41(32,35)22-4-6-24(43)7-5-22/h2-14,18-19,29-30,32,34-35,45,48-49H,15-17,20H2,1H3. The summed E-state index contributed by atoms with van der Waals surface area (Å²) in [6, 6.07) is 21.8. The van der Waals surface area contributed by atoms with Gasteiger partial charge in [0.1, 0.15) is 11.6 Å². The lowest BCUT2D eigenvalue weighted by Gasteiger charge is -2.50. The molecular weight excluding hydrogens is 781 g/mol. The number of fused-ring (bicyclic) bond motifs is 4. The van der Waals surface area contributed by atoms with Crippen molar-refractivity contribution in [2.24, 2.45) is 23.7 Å². The van der Waals surface area contributed by atoms with Crippen molar-refractivity contribution >= 4 is 56.8 Å². The van der Waals surface area contributed by atoms with Gasteiger partial charge in [-0.05, 0) is 97.0 Å². The summed E-state index contributed by atoms with van der Waals surface area (Å²) >= 11 is 9.91. The van der Waals surface area contributed by atoms with Crippen molar-refractivity contribution < 1.29 is 38.5 Å². The van der Waals surface area contributed by atoms with E-state index in [4.69, 9.17) is 16.3 Å². The highest BCUT2D eigenvalue weighted by Crippen LogP contribution is 2.65. The van der Waals surface area contributed by atoms with Crippen molar-refractivity contribution in [1.82, 2.24) is 9.91 Å². The minimum atomic E-state index is -1.67. The molecular formula is C41H34BrClFN3O7. The summed E-state index contributed by atoms with van der Waals surface area (Å²) < 4.78 is 20.0. The Labute approximate surface area is 323 Å². The Morgan fingerprint density at radius 2 is 1.63 bits per heavy atom. The maximum absolute atomic E-state index is 15.3. The Balaban J connectivity index is 1.29. The molecule has 1 saturated carbocycles. The van der Waals surface area contributed by atoms with Crippen LogP contribution in [0.5, 0.6) is 17.2 Å². The van der Waals surface area contributed by atoms with Crippen LogP contribution in [-0.2, 0) is 31.0 Å². The third-order valence-electron chi connectivity index (χ3n) is 11.5. The molecule has 2 aliphatic heterocycles. The number of aromatic hydroxyl groups is 2. The molecule has 13 heteroatoms. The van der Waals surface area contributed by atoms with Crippen LogP contribution < -0.4 is 10.2 Å². The van der Waals surface area contributed by atoms with Gasteiger partial charge in [-0.3, -0.25) is 29.5 Å². The Morgan fingerprint density at radius 3 is 2.31 bits per heavy atom. The molecule has 4 aliphatic rings. The molecule has 10 nitrogen and oxygen atoms in total. The van der Waals surface area contributed by atoms with Crippen molar-refractivity contribution in [2.75, 3.05) is 19.1 Å². The molecule has 4 aromatic carbocycles. The van der Waals surface area contributed by atoms with Crippen LogP contribution in [0.2, 0.25) is 5.02 Å². The zero-order chi connectivity index (χ0) is 38.1. The van der Waals surface area contributed by atoms with Crippen LogP contribution in [0, 0.1) is 29.5 Å². The molecule has 2 saturated heterocycles. The van der Waals surface area contributed by atoms with E-state index in [1.807, 2.05) is 6.08 Å². The third kappa shape index (κ3) is 5.57. The normalized spacial score (nSPS) is 26.0. The summed E-state index contributed by atoms with van der Waals surface area (Å²) in [5.74, 6) is -6.59. The zero-order valence-electron chi connectivity index (χ0n) is 28.8. The second-order valence-corrected chi connectivity index (χ2v) is 15.5. The first-order chi connectivity index (χ1) is 25.9. The lowest BCUT2D eigenvalue weighted by molar-refractivity contribution is -0.141. The predicted octanol–water partition coefficient (Wildman–Crippen LogP) is 6.89. The van der Waals surface area contributed by atoms with E-state index in [2.05, 4.69) is 21.4 Å². The van der Waals surface area contributed by atoms with Crippen LogP contribution in [-0.4, -0.2) is 57.4 Å². The van der Waals surface area contributed by atoms with Gasteiger partial charge in [-0.25, -0.2) is 4.39 Å². The molecule has 0 spiro atoms. The molecule has 3 fully saturated rings. The minimum absolute atomic E-state index is 0.0506. The number of hydrazine groups is 1. The quantitative estimate of drug-likeness (QED) is 0.129. The molecule has 2 heterocycles. The molecule has 4 amide bonds. The number of rotatable bonds is 8. The molecule has 8 rings (SSSR count). The number of hydrogen-bond donors (Lipinski definition) is 3. The van der Waals surface area contributed by atoms with Crippen LogP contribution in [0.3, 0.4) is 0 Å². The van der Waals surface area contributed by atoms with Crippen molar-refractivity contribution in [2.45, 2.75) is 30.6 Å². The van der Waals surface area contributed by atoms with Gasteiger partial charge < -0.3 is 14.9 Å². The topological polar surface area (TPSA) is 136 Å². The molecule has 54 heavy (non-hydrogen) atoms. The number of ether oxygens (including phenoxy) is 1. The number of anilines is 1. The van der Waals surface area contributed by atoms with E-state index in [1.165, 1.54) is 36.3 Å². The molecule has 0 radical (unpaired) electrons. The number of phenolic OH excluding ortho intramolecular Hbond substituents is 2. The number of carbonyl (C=O) groups excluding carboxylic acids is 4. The van der Waals surface area contributed by atoms with Gasteiger partial charge in [0.2, 0.25) is 11.8 Å². The SMILES string of the molecule is COc1cc(Br)cc(C2C3=CCC4C(=O)N(CCc5ccc(O)cc5)C(=O)C4C3CC3C(=O)N(Nc4ccc(F)cc4)C(=O)C32c2ccc(Cl)cc2)c1O. The summed E-state index contributed by atoms with van der Waals surface area (Å²) in [6.45, 7) is 0.134. The van der Waals surface area contributed by atoms with Gasteiger partial charge in [-0.15, -0.1) is 0 Å². The number of allylic oxidation sites excluding steroid dienone is 2. The number of benzene rings is 4. The molecule has 6 atom stereocenters. The van der Waals surface area contributed by atoms with E-state index in [0.717, 1.165) is 10.6 Å². The van der Waals surface area contributed by atoms with Gasteiger partial charge in [0, 0.05) is 27.5 Å². The number of nitrogens with zero attached hydrogens (tertiary/aromatic N) is 2. The van der Waals surface area contributed by atoms with Gasteiger partial charge in [0.25, 0.3) is 11.8 Å². The summed E-state index contributed by atoms with van der Waals surface area (Å²) in [7, 11) is 1.41. The van der Waals surface area contributed by atoms with Gasteiger partial charge in [0.05, 0.1) is 36.0 Å². The number of amides is 4. The Morgan fingerprint density at radius 1 is 0.926 bits per heavy atom. The number of phenols is 2. The minimum Gasteiger partial charge on any atom is -0.508 e. The highest BCUT2D eigenvalue weighted by Gasteiger charge is 2.70. The number of methoxy groups -OCH3 is 1. The first kappa shape index (κ1) is 35.8. The van der Waals surface area contributed by atoms with Gasteiger partial charge >= 0.3 is 0 Å². The second-order valence-electron chi connectivity index (χ2n) is 14.2. The van der Waals surface area contributed by atoms with Crippen molar-refractivity contribution in [3.05, 3.63) is 129 Å². The van der Waals surface area contributed by atoms with E-state index in [-0.39, 0.29) is 48.4 Å². The largest absolute Gasteiger partial charge is 0.508 e. The highest BCUT2D eigenvalue weighted by atomic mass is 79.9. The number of halogens is 3. The van der Waals surface area contributed by atoms with Crippen LogP contribution in [0.25, 0.3) is 0 Å². The van der Waals surface area contributed by atoms with Crippen LogP contribution in [0.15, 0.2) is 101 Å². The van der Waals surface area contributed by atoms with E-state index in [1.54, 1.807) is 60.7 Å². The number of carbonyl (C=O) groups is 4. The number of imide groups is 2. The summed E-state index contributed by atoms with van der Waals surface area (Å²) in [5.41, 5.74) is 3.80. The smallest absolute Gasteiger partial charge is 0.260 e. The number of hydrogen-bond acceptors (Lipinski definition) is 8. The third-order valence-corrected chi connectivity index (χ3v) is 12.2. The Kier molecular flexibility index (Phi) is 9.01. The van der Waals surface area contributed by atoms with E-state index < -0.39 is 52.6 Å². The Bertz CT molecular complexity index is 2230. The fourth-order valence-corrected chi connectivity index (χ4v) is 9.74. The monoisotopic (exact) mass is 813 g/mol. The fraction of sp³-hybridized carbons (Fsp3) is 0.268. The average Bonchev–Trinajstić information content (AvgIpc) is 3.53. The van der Waals surface area contributed by atoms with E-state index >= 15 is 4.79 Å². The fourth-order valence-electron chi connectivity index (χ4n) is 9.16. The summed E-state index contributed by atoms with van der Waals surface area (Å²) in [4.78, 5) is 59.8. The van der Waals surface area contributed by atoms with Crippen molar-refractivity contribution in [3.63, 3.8) is 0 Å². The molecule has 3 N–H and O–H groups in total. The van der Waals surface area contributed by atoms with Crippen LogP contribution in [0.4, 0.5) is 10.1 Å². The lowest BCUT2D eigenvalue weighted by atomic mass is 9.49. The van der Waals surface area contributed by atoms with Gasteiger partial charge in [0.15, 0.2) is 11.5 Å². The first-order valence-corrected chi connectivity index (χ1v) is 18.7. The highest BCUT2D eigenvalue weighted by molar-refractivity contribution is 9.10. The maximum atomic E-state index is 15.3. The maximum Gasteiger partial charge on any atom is 0.260 e. The van der Waals surface area contributed by atoms with Gasteiger partial charge in [-0.1, -0.05) is 63.4 Å². The molecule has 0 bridgehead atoms. The average molecular weight is 815 g/mol. The number of likely N-dealkylation sites (tertiary alicyclic amines) is 1. The Hall–Kier alpha value is -5.20. The molecule has 4 aromatic rings. The van der Waals surface area contributed by atoms with E-state index in [9.17, 15) is 29.0 Å². The number of nitrogens with one attached hydrogen (secondary N) is 1. The molecule has 276 valence electrons. The van der Waals surface area contributed by atoms with Crippen LogP contribution in [0.1, 0.15) is 35.4 Å². The molecule has 2 aliphatic carbocycles. The molecule has 6 unspecified atom stereocenters. The first-order valence-electron chi connectivity index (χ1n) is 17.5. The van der Waals surface area contributed by atoms with Crippen molar-refractivity contribution in [1.29, 1.82) is 0 Å². The van der Waals surface area contributed by atoms with Crippen LogP contribution >= 0.6 is 27.5 Å². The molecule has 0 aromatic heterocycles. The van der Waals surface area contributed by atoms with E-state index in [0.29, 0.717) is 38.3 Å².